The van der Waals surface area contributed by atoms with Gasteiger partial charge < -0.3 is 15.2 Å². The monoisotopic (exact) mass is 419 g/mol. The summed E-state index contributed by atoms with van der Waals surface area (Å²) in [6.45, 7) is 6.71. The largest absolute Gasteiger partial charge is 0.342 e. The van der Waals surface area contributed by atoms with Crippen molar-refractivity contribution in [3.63, 3.8) is 0 Å². The van der Waals surface area contributed by atoms with E-state index in [1.54, 1.807) is 0 Å². The molecular formula is C25H29N3OS. The van der Waals surface area contributed by atoms with Crippen LogP contribution >= 0.6 is 12.2 Å². The van der Waals surface area contributed by atoms with Crippen molar-refractivity contribution in [1.29, 1.82) is 0 Å². The average molecular weight is 420 g/mol. The minimum Gasteiger partial charge on any atom is -0.342 e. The third-order valence-electron chi connectivity index (χ3n) is 6.04. The third kappa shape index (κ3) is 4.41. The van der Waals surface area contributed by atoms with Gasteiger partial charge in [0.1, 0.15) is 0 Å². The second-order valence-electron chi connectivity index (χ2n) is 8.53. The van der Waals surface area contributed by atoms with Crippen LogP contribution in [0.1, 0.15) is 47.9 Å². The topological polar surface area (TPSA) is 48.1 Å². The lowest BCUT2D eigenvalue weighted by atomic mass is 10.0. The number of aromatic amines is 1. The van der Waals surface area contributed by atoms with Crippen LogP contribution in [-0.2, 0) is 6.54 Å². The lowest BCUT2D eigenvalue weighted by Crippen LogP contribution is -2.42. The fourth-order valence-corrected chi connectivity index (χ4v) is 4.78. The standard InChI is InChI=1S/C25H29N3OS/c1-16-8-10-21(11-9-16)26-25(30)28(22-6-4-5-7-22)15-20-14-19-13-17(2)12-18(3)23(19)27-24(20)29/h8-14,22H,4-7,15H2,1-3H3,(H,26,30)(H,27,29). The maximum atomic E-state index is 12.9. The molecule has 0 unspecified atom stereocenters. The van der Waals surface area contributed by atoms with Crippen LogP contribution in [0.5, 0.6) is 0 Å². The summed E-state index contributed by atoms with van der Waals surface area (Å²) >= 11 is 5.81. The molecule has 2 N–H and O–H groups in total. The summed E-state index contributed by atoms with van der Waals surface area (Å²) in [6.07, 6.45) is 4.64. The zero-order valence-electron chi connectivity index (χ0n) is 17.9. The highest BCUT2D eigenvalue weighted by molar-refractivity contribution is 7.80. The SMILES string of the molecule is Cc1ccc(NC(=S)N(Cc2cc3cc(C)cc(C)c3[nH]c2=O)C2CCCC2)cc1. The first kappa shape index (κ1) is 20.6. The Morgan fingerprint density at radius 3 is 2.47 bits per heavy atom. The average Bonchev–Trinajstić information content (AvgIpc) is 3.23. The Bertz CT molecular complexity index is 1130. The highest BCUT2D eigenvalue weighted by atomic mass is 32.1. The number of fused-ring (bicyclic) bond motifs is 1. The van der Waals surface area contributed by atoms with Crippen LogP contribution in [0.25, 0.3) is 10.9 Å². The van der Waals surface area contributed by atoms with Crippen LogP contribution < -0.4 is 10.9 Å². The van der Waals surface area contributed by atoms with Crippen molar-refractivity contribution in [2.45, 2.75) is 59.0 Å². The van der Waals surface area contributed by atoms with Gasteiger partial charge in [0.2, 0.25) is 0 Å². The summed E-state index contributed by atoms with van der Waals surface area (Å²) in [4.78, 5) is 18.2. The van der Waals surface area contributed by atoms with E-state index in [1.807, 2.05) is 25.1 Å². The molecule has 156 valence electrons. The lowest BCUT2D eigenvalue weighted by Gasteiger charge is -2.31. The van der Waals surface area contributed by atoms with Crippen LogP contribution in [-0.4, -0.2) is 21.0 Å². The van der Waals surface area contributed by atoms with Crippen molar-refractivity contribution in [2.75, 3.05) is 5.32 Å². The molecule has 0 spiro atoms. The van der Waals surface area contributed by atoms with Gasteiger partial charge in [0, 0.05) is 17.3 Å². The zero-order chi connectivity index (χ0) is 21.3. The minimum absolute atomic E-state index is 0.0319. The van der Waals surface area contributed by atoms with Crippen molar-refractivity contribution in [3.8, 4) is 0 Å². The van der Waals surface area contributed by atoms with Gasteiger partial charge in [-0.1, -0.05) is 42.2 Å². The molecule has 0 bridgehead atoms. The molecule has 1 aliphatic carbocycles. The van der Waals surface area contributed by atoms with Crippen molar-refractivity contribution in [1.82, 2.24) is 9.88 Å². The van der Waals surface area contributed by atoms with Gasteiger partial charge in [0.15, 0.2) is 5.11 Å². The number of aromatic nitrogens is 1. The van der Waals surface area contributed by atoms with Crippen molar-refractivity contribution in [2.24, 2.45) is 0 Å². The molecule has 0 radical (unpaired) electrons. The van der Waals surface area contributed by atoms with Crippen molar-refractivity contribution >= 4 is 33.9 Å². The number of pyridine rings is 1. The van der Waals surface area contributed by atoms with Gasteiger partial charge >= 0.3 is 0 Å². The van der Waals surface area contributed by atoms with E-state index in [1.165, 1.54) is 24.0 Å². The molecule has 30 heavy (non-hydrogen) atoms. The predicted octanol–water partition coefficient (Wildman–Crippen LogP) is 5.59. The molecule has 0 saturated heterocycles. The van der Waals surface area contributed by atoms with E-state index >= 15 is 0 Å². The quantitative estimate of drug-likeness (QED) is 0.541. The van der Waals surface area contributed by atoms with Gasteiger partial charge in [-0.15, -0.1) is 0 Å². The lowest BCUT2D eigenvalue weighted by molar-refractivity contribution is 0.311. The zero-order valence-corrected chi connectivity index (χ0v) is 18.7. The van der Waals surface area contributed by atoms with Gasteiger partial charge in [-0.25, -0.2) is 0 Å². The first-order valence-corrected chi connectivity index (χ1v) is 11.1. The molecule has 1 aliphatic rings. The van der Waals surface area contributed by atoms with E-state index in [2.05, 4.69) is 53.3 Å². The van der Waals surface area contributed by atoms with Crippen LogP contribution in [0.15, 0.2) is 47.3 Å². The van der Waals surface area contributed by atoms with E-state index in [0.29, 0.717) is 17.7 Å². The highest BCUT2D eigenvalue weighted by Gasteiger charge is 2.26. The number of anilines is 1. The van der Waals surface area contributed by atoms with Crippen molar-refractivity contribution in [3.05, 3.63) is 75.1 Å². The Morgan fingerprint density at radius 2 is 1.77 bits per heavy atom. The summed E-state index contributed by atoms with van der Waals surface area (Å²) in [6, 6.07) is 14.9. The molecule has 5 heteroatoms. The number of hydrogen-bond acceptors (Lipinski definition) is 2. The Morgan fingerprint density at radius 1 is 1.07 bits per heavy atom. The van der Waals surface area contributed by atoms with E-state index < -0.39 is 0 Å². The summed E-state index contributed by atoms with van der Waals surface area (Å²) in [5.74, 6) is 0. The number of nitrogens with zero attached hydrogens (tertiary/aromatic N) is 1. The Balaban J connectivity index is 1.65. The highest BCUT2D eigenvalue weighted by Crippen LogP contribution is 2.26. The normalized spacial score (nSPS) is 14.2. The van der Waals surface area contributed by atoms with Crippen LogP contribution in [0.3, 0.4) is 0 Å². The number of thiocarbonyl (C=S) groups is 1. The van der Waals surface area contributed by atoms with Crippen LogP contribution in [0.4, 0.5) is 5.69 Å². The predicted molar refractivity (Wildman–Crippen MR) is 129 cm³/mol. The fraction of sp³-hybridized carbons (Fsp3) is 0.360. The van der Waals surface area contributed by atoms with Crippen LogP contribution in [0, 0.1) is 20.8 Å². The second-order valence-corrected chi connectivity index (χ2v) is 8.92. The van der Waals surface area contributed by atoms with Crippen LogP contribution in [0.2, 0.25) is 0 Å². The fourth-order valence-electron chi connectivity index (χ4n) is 4.45. The van der Waals surface area contributed by atoms with Gasteiger partial charge in [0.25, 0.3) is 5.56 Å². The van der Waals surface area contributed by atoms with Gasteiger partial charge in [-0.05, 0) is 81.0 Å². The molecule has 1 fully saturated rings. The molecule has 4 nitrogen and oxygen atoms in total. The van der Waals surface area contributed by atoms with E-state index in [-0.39, 0.29) is 5.56 Å². The first-order chi connectivity index (χ1) is 14.4. The van der Waals surface area contributed by atoms with Gasteiger partial charge in [-0.3, -0.25) is 4.79 Å². The Labute approximate surface area is 183 Å². The van der Waals surface area contributed by atoms with E-state index in [0.717, 1.165) is 40.6 Å². The van der Waals surface area contributed by atoms with E-state index in [9.17, 15) is 4.79 Å². The maximum absolute atomic E-state index is 12.9. The summed E-state index contributed by atoms with van der Waals surface area (Å²) in [5, 5.41) is 5.15. The number of nitrogens with one attached hydrogen (secondary N) is 2. The third-order valence-corrected chi connectivity index (χ3v) is 6.38. The number of aryl methyl sites for hydroxylation is 3. The Kier molecular flexibility index (Phi) is 5.91. The number of rotatable bonds is 4. The molecule has 0 aliphatic heterocycles. The number of benzene rings is 2. The molecule has 0 atom stereocenters. The molecule has 1 saturated carbocycles. The number of H-pyrrole nitrogens is 1. The van der Waals surface area contributed by atoms with E-state index in [4.69, 9.17) is 12.2 Å². The Hall–Kier alpha value is -2.66. The summed E-state index contributed by atoms with van der Waals surface area (Å²) in [5.41, 5.74) is 6.13. The smallest absolute Gasteiger partial charge is 0.253 e. The molecule has 2 aromatic carbocycles. The molecular weight excluding hydrogens is 390 g/mol. The molecule has 1 heterocycles. The minimum atomic E-state index is -0.0319. The molecule has 3 aromatic rings. The summed E-state index contributed by atoms with van der Waals surface area (Å²) < 4.78 is 0. The van der Waals surface area contributed by atoms with Crippen molar-refractivity contribution < 1.29 is 0 Å². The van der Waals surface area contributed by atoms with Gasteiger partial charge in [-0.2, -0.15) is 0 Å². The first-order valence-electron chi connectivity index (χ1n) is 10.7. The molecule has 4 rings (SSSR count). The molecule has 1 aromatic heterocycles. The van der Waals surface area contributed by atoms with Gasteiger partial charge in [0.05, 0.1) is 12.1 Å². The molecule has 0 amide bonds. The summed E-state index contributed by atoms with van der Waals surface area (Å²) in [7, 11) is 0. The maximum Gasteiger partial charge on any atom is 0.253 e. The number of hydrogen-bond donors (Lipinski definition) is 2. The second kappa shape index (κ2) is 8.60.